The predicted octanol–water partition coefficient (Wildman–Crippen LogP) is 4.87. The van der Waals surface area contributed by atoms with Crippen molar-refractivity contribution in [3.8, 4) is 11.1 Å². The van der Waals surface area contributed by atoms with Gasteiger partial charge in [-0.15, -0.1) is 0 Å². The zero-order valence-corrected chi connectivity index (χ0v) is 16.9. The average Bonchev–Trinajstić information content (AvgIpc) is 3.04. The number of hydrogen-bond acceptors (Lipinski definition) is 4. The number of carboxylic acids is 1. The van der Waals surface area contributed by atoms with Crippen LogP contribution in [0.1, 0.15) is 57.7 Å². The molecular weight excluding hydrogens is 378 g/mol. The third kappa shape index (κ3) is 2.62. The zero-order chi connectivity index (χ0) is 21.5. The van der Waals surface area contributed by atoms with Crippen LogP contribution in [-0.2, 0) is 10.2 Å². The molecule has 0 amide bonds. The normalized spacial score (nSPS) is 13.4. The summed E-state index contributed by atoms with van der Waals surface area (Å²) < 4.78 is 5.30. The number of fused-ring (bicyclic) bond motifs is 3. The average molecular weight is 401 g/mol. The van der Waals surface area contributed by atoms with E-state index in [0.717, 1.165) is 22.3 Å². The van der Waals surface area contributed by atoms with Gasteiger partial charge in [0.15, 0.2) is 0 Å². The second-order valence-electron chi connectivity index (χ2n) is 7.33. The van der Waals surface area contributed by atoms with Crippen LogP contribution in [0.25, 0.3) is 11.1 Å². The molecule has 0 spiro atoms. The SMILES string of the molecule is CCOC(=O)c1c(N)ccc(C(=O)O)c1C1(CC)c2ccccc2-c2ccccc21. The third-order valence-corrected chi connectivity index (χ3v) is 5.97. The van der Waals surface area contributed by atoms with E-state index in [2.05, 4.69) is 0 Å². The lowest BCUT2D eigenvalue weighted by Gasteiger charge is -2.34. The number of carbonyl (C=O) groups excluding carboxylic acids is 1. The molecule has 0 saturated heterocycles. The smallest absolute Gasteiger partial charge is 0.340 e. The van der Waals surface area contributed by atoms with E-state index >= 15 is 0 Å². The van der Waals surface area contributed by atoms with Crippen molar-refractivity contribution in [1.29, 1.82) is 0 Å². The Bertz CT molecular complexity index is 1120. The van der Waals surface area contributed by atoms with Crippen LogP contribution in [0.2, 0.25) is 0 Å². The summed E-state index contributed by atoms with van der Waals surface area (Å²) in [6, 6.07) is 18.8. The van der Waals surface area contributed by atoms with Crippen LogP contribution in [0.15, 0.2) is 60.7 Å². The zero-order valence-electron chi connectivity index (χ0n) is 16.9. The van der Waals surface area contributed by atoms with Crippen LogP contribution < -0.4 is 5.73 Å². The standard InChI is InChI=1S/C25H23NO4/c1-3-25(18-11-7-5-9-15(18)16-10-6-8-12-19(16)25)22-17(23(27)28)13-14-20(26)21(22)24(29)30-4-2/h5-14H,3-4,26H2,1-2H3,(H,27,28). The fourth-order valence-corrected chi connectivity index (χ4v) is 4.82. The number of ether oxygens (including phenoxy) is 1. The maximum atomic E-state index is 13.0. The van der Waals surface area contributed by atoms with Crippen LogP contribution in [-0.4, -0.2) is 23.7 Å². The molecule has 5 nitrogen and oxygen atoms in total. The molecule has 5 heteroatoms. The van der Waals surface area contributed by atoms with Crippen molar-refractivity contribution >= 4 is 17.6 Å². The van der Waals surface area contributed by atoms with Crippen LogP contribution in [0.5, 0.6) is 0 Å². The van der Waals surface area contributed by atoms with Crippen molar-refractivity contribution in [1.82, 2.24) is 0 Å². The molecule has 1 aliphatic rings. The highest BCUT2D eigenvalue weighted by atomic mass is 16.5. The first kappa shape index (κ1) is 19.7. The van der Waals surface area contributed by atoms with Crippen molar-refractivity contribution in [2.24, 2.45) is 0 Å². The van der Waals surface area contributed by atoms with Gasteiger partial charge in [0.25, 0.3) is 0 Å². The first-order valence-corrected chi connectivity index (χ1v) is 10.00. The number of esters is 1. The number of nitrogen functional groups attached to an aromatic ring is 1. The van der Waals surface area contributed by atoms with E-state index in [1.807, 2.05) is 55.5 Å². The molecule has 0 unspecified atom stereocenters. The number of carbonyl (C=O) groups is 2. The molecule has 1 aliphatic carbocycles. The highest BCUT2D eigenvalue weighted by Gasteiger charge is 2.47. The minimum absolute atomic E-state index is 0.0561. The topological polar surface area (TPSA) is 89.6 Å². The van der Waals surface area contributed by atoms with E-state index in [4.69, 9.17) is 10.5 Å². The molecule has 3 aromatic rings. The summed E-state index contributed by atoms with van der Waals surface area (Å²) in [5.74, 6) is -1.71. The number of benzene rings is 3. The van der Waals surface area contributed by atoms with Crippen molar-refractivity contribution in [2.45, 2.75) is 25.7 Å². The Morgan fingerprint density at radius 1 is 0.933 bits per heavy atom. The van der Waals surface area contributed by atoms with Gasteiger partial charge in [-0.3, -0.25) is 0 Å². The molecule has 3 aromatic carbocycles. The minimum Gasteiger partial charge on any atom is -0.478 e. The summed E-state index contributed by atoms with van der Waals surface area (Å²) >= 11 is 0. The van der Waals surface area contributed by atoms with Gasteiger partial charge < -0.3 is 15.6 Å². The molecule has 0 saturated carbocycles. The van der Waals surface area contributed by atoms with Crippen molar-refractivity contribution in [3.05, 3.63) is 88.5 Å². The molecule has 3 N–H and O–H groups in total. The monoisotopic (exact) mass is 401 g/mol. The Kier molecular flexibility index (Phi) is 4.82. The molecule has 0 bridgehead atoms. The van der Waals surface area contributed by atoms with Crippen molar-refractivity contribution in [3.63, 3.8) is 0 Å². The van der Waals surface area contributed by atoms with Crippen LogP contribution in [0, 0.1) is 0 Å². The van der Waals surface area contributed by atoms with Gasteiger partial charge in [0.05, 0.1) is 17.7 Å². The van der Waals surface area contributed by atoms with Gasteiger partial charge in [-0.25, -0.2) is 9.59 Å². The van der Waals surface area contributed by atoms with Gasteiger partial charge in [0.2, 0.25) is 0 Å². The summed E-state index contributed by atoms with van der Waals surface area (Å²) in [7, 11) is 0. The lowest BCUT2D eigenvalue weighted by atomic mass is 9.67. The van der Waals surface area contributed by atoms with E-state index in [-0.39, 0.29) is 23.4 Å². The van der Waals surface area contributed by atoms with Gasteiger partial charge in [0, 0.05) is 11.1 Å². The van der Waals surface area contributed by atoms with E-state index in [9.17, 15) is 14.7 Å². The Morgan fingerprint density at radius 2 is 1.50 bits per heavy atom. The van der Waals surface area contributed by atoms with Gasteiger partial charge in [-0.05, 0) is 53.3 Å². The molecule has 4 rings (SSSR count). The summed E-state index contributed by atoms with van der Waals surface area (Å²) in [5.41, 5.74) is 10.2. The second kappa shape index (κ2) is 7.34. The Balaban J connectivity index is 2.20. The molecule has 0 radical (unpaired) electrons. The number of nitrogens with two attached hydrogens (primary N) is 1. The fraction of sp³-hybridized carbons (Fsp3) is 0.200. The number of hydrogen-bond donors (Lipinski definition) is 2. The molecule has 0 fully saturated rings. The van der Waals surface area contributed by atoms with E-state index in [1.165, 1.54) is 12.1 Å². The van der Waals surface area contributed by atoms with E-state index in [1.54, 1.807) is 6.92 Å². The number of anilines is 1. The number of carboxylic acid groups (broad SMARTS) is 1. The molecule has 152 valence electrons. The summed E-state index contributed by atoms with van der Waals surface area (Å²) in [5, 5.41) is 10.1. The molecule has 0 atom stereocenters. The molecule has 30 heavy (non-hydrogen) atoms. The predicted molar refractivity (Wildman–Crippen MR) is 116 cm³/mol. The van der Waals surface area contributed by atoms with Crippen molar-refractivity contribution < 1.29 is 19.4 Å². The lowest BCUT2D eigenvalue weighted by Crippen LogP contribution is -2.32. The van der Waals surface area contributed by atoms with Gasteiger partial charge in [0.1, 0.15) is 0 Å². The Labute approximate surface area is 175 Å². The number of rotatable bonds is 5. The molecular formula is C25H23NO4. The minimum atomic E-state index is -1.11. The lowest BCUT2D eigenvalue weighted by molar-refractivity contribution is 0.0525. The Morgan fingerprint density at radius 3 is 2.00 bits per heavy atom. The van der Waals surface area contributed by atoms with Gasteiger partial charge in [-0.2, -0.15) is 0 Å². The Hall–Kier alpha value is -3.60. The largest absolute Gasteiger partial charge is 0.478 e. The first-order valence-electron chi connectivity index (χ1n) is 10.00. The van der Waals surface area contributed by atoms with Crippen molar-refractivity contribution in [2.75, 3.05) is 12.3 Å². The highest BCUT2D eigenvalue weighted by Crippen LogP contribution is 2.56. The number of aromatic carboxylic acids is 1. The molecule has 0 heterocycles. The fourth-order valence-electron chi connectivity index (χ4n) is 4.82. The highest BCUT2D eigenvalue weighted by molar-refractivity contribution is 6.04. The summed E-state index contributed by atoms with van der Waals surface area (Å²) in [6.07, 6.45) is 0.553. The van der Waals surface area contributed by atoms with Crippen LogP contribution >= 0.6 is 0 Å². The van der Waals surface area contributed by atoms with E-state index < -0.39 is 17.4 Å². The van der Waals surface area contributed by atoms with Gasteiger partial charge in [-0.1, -0.05) is 55.5 Å². The quantitative estimate of drug-likeness (QED) is 0.470. The maximum Gasteiger partial charge on any atom is 0.340 e. The second-order valence-corrected chi connectivity index (χ2v) is 7.33. The first-order chi connectivity index (χ1) is 14.5. The van der Waals surface area contributed by atoms with Gasteiger partial charge >= 0.3 is 11.9 Å². The summed E-state index contributed by atoms with van der Waals surface area (Å²) in [6.45, 7) is 3.88. The van der Waals surface area contributed by atoms with E-state index in [0.29, 0.717) is 12.0 Å². The summed E-state index contributed by atoms with van der Waals surface area (Å²) in [4.78, 5) is 25.3. The molecule has 0 aromatic heterocycles. The molecule has 0 aliphatic heterocycles. The van der Waals surface area contributed by atoms with Crippen LogP contribution in [0.4, 0.5) is 5.69 Å². The third-order valence-electron chi connectivity index (χ3n) is 5.97. The van der Waals surface area contributed by atoms with Crippen LogP contribution in [0.3, 0.4) is 0 Å². The maximum absolute atomic E-state index is 13.0.